The van der Waals surface area contributed by atoms with E-state index in [1.807, 2.05) is 11.6 Å². The van der Waals surface area contributed by atoms with Gasteiger partial charge in [0.15, 0.2) is 5.13 Å². The Morgan fingerprint density at radius 1 is 1.50 bits per heavy atom. The van der Waals surface area contributed by atoms with Crippen molar-refractivity contribution in [3.05, 3.63) is 41.7 Å². The second-order valence-corrected chi connectivity index (χ2v) is 5.63. The average molecular weight is 288 g/mol. The van der Waals surface area contributed by atoms with Crippen LogP contribution in [0.3, 0.4) is 0 Å². The molecule has 2 aromatic rings. The van der Waals surface area contributed by atoms with E-state index >= 15 is 0 Å². The zero-order valence-electron chi connectivity index (χ0n) is 11.0. The number of amides is 1. The van der Waals surface area contributed by atoms with Crippen LogP contribution in [-0.4, -0.2) is 35.0 Å². The Balaban J connectivity index is 1.59. The molecule has 6 heteroatoms. The summed E-state index contributed by atoms with van der Waals surface area (Å²) in [7, 11) is 0. The number of aromatic nitrogens is 2. The van der Waals surface area contributed by atoms with Crippen LogP contribution in [0.25, 0.3) is 0 Å². The van der Waals surface area contributed by atoms with Crippen LogP contribution >= 0.6 is 11.3 Å². The van der Waals surface area contributed by atoms with Gasteiger partial charge >= 0.3 is 0 Å². The van der Waals surface area contributed by atoms with Crippen molar-refractivity contribution in [2.75, 3.05) is 18.0 Å². The lowest BCUT2D eigenvalue weighted by molar-refractivity contribution is 0.0951. The predicted octanol–water partition coefficient (Wildman–Crippen LogP) is 1.94. The van der Waals surface area contributed by atoms with Crippen LogP contribution in [0.15, 0.2) is 36.1 Å². The Kier molecular flexibility index (Phi) is 3.92. The van der Waals surface area contributed by atoms with Crippen molar-refractivity contribution >= 4 is 22.4 Å². The summed E-state index contributed by atoms with van der Waals surface area (Å²) >= 11 is 1.65. The van der Waals surface area contributed by atoms with Crippen molar-refractivity contribution in [1.29, 1.82) is 0 Å². The Hall–Kier alpha value is -1.95. The number of rotatable bonds is 4. The molecule has 20 heavy (non-hydrogen) atoms. The number of anilines is 1. The van der Waals surface area contributed by atoms with Gasteiger partial charge < -0.3 is 10.2 Å². The smallest absolute Gasteiger partial charge is 0.252 e. The molecule has 1 N–H and O–H groups in total. The van der Waals surface area contributed by atoms with Gasteiger partial charge in [0.1, 0.15) is 0 Å². The van der Waals surface area contributed by atoms with Crippen LogP contribution < -0.4 is 10.2 Å². The highest BCUT2D eigenvalue weighted by Crippen LogP contribution is 2.26. The van der Waals surface area contributed by atoms with Crippen LogP contribution in [0.1, 0.15) is 23.2 Å². The van der Waals surface area contributed by atoms with Crippen molar-refractivity contribution in [3.8, 4) is 0 Å². The van der Waals surface area contributed by atoms with Gasteiger partial charge in [0, 0.05) is 43.1 Å². The second-order valence-electron chi connectivity index (χ2n) is 4.76. The van der Waals surface area contributed by atoms with Gasteiger partial charge in [-0.2, -0.15) is 0 Å². The number of pyridine rings is 1. The van der Waals surface area contributed by atoms with Crippen molar-refractivity contribution < 1.29 is 4.79 Å². The quantitative estimate of drug-likeness (QED) is 0.934. The highest BCUT2D eigenvalue weighted by Gasteiger charge is 2.26. The molecule has 0 saturated carbocycles. The minimum Gasteiger partial charge on any atom is -0.350 e. The van der Waals surface area contributed by atoms with Crippen molar-refractivity contribution in [1.82, 2.24) is 15.3 Å². The van der Waals surface area contributed by atoms with Gasteiger partial charge in [-0.05, 0) is 25.0 Å². The van der Waals surface area contributed by atoms with Crippen LogP contribution in [0, 0.1) is 0 Å². The summed E-state index contributed by atoms with van der Waals surface area (Å²) in [5.41, 5.74) is 0.603. The van der Waals surface area contributed by atoms with Crippen molar-refractivity contribution in [3.63, 3.8) is 0 Å². The lowest BCUT2D eigenvalue weighted by atomic mass is 10.2. The summed E-state index contributed by atoms with van der Waals surface area (Å²) in [6.45, 7) is 1.66. The monoisotopic (exact) mass is 288 g/mol. The van der Waals surface area contributed by atoms with Gasteiger partial charge in [0.05, 0.1) is 5.56 Å². The fourth-order valence-corrected chi connectivity index (χ4v) is 3.21. The first kappa shape index (κ1) is 13.1. The van der Waals surface area contributed by atoms with Crippen molar-refractivity contribution in [2.24, 2.45) is 0 Å². The third-order valence-electron chi connectivity index (χ3n) is 3.46. The third-order valence-corrected chi connectivity index (χ3v) is 4.27. The summed E-state index contributed by atoms with van der Waals surface area (Å²) in [5, 5.41) is 6.02. The Bertz CT molecular complexity index is 558. The van der Waals surface area contributed by atoms with E-state index in [4.69, 9.17) is 0 Å². The number of nitrogens with one attached hydrogen (secondary N) is 1. The summed E-state index contributed by atoms with van der Waals surface area (Å²) in [6.07, 6.45) is 7.31. The minimum absolute atomic E-state index is 0.0657. The standard InChI is InChI=1S/C14H16N4OS/c19-13(11-3-1-5-15-9-11)17-10-12-4-2-7-18(12)14-16-6-8-20-14/h1,3,5-6,8-9,12H,2,4,7,10H2,(H,17,19). The number of thiazole rings is 1. The number of hydrogen-bond donors (Lipinski definition) is 1. The van der Waals surface area contributed by atoms with Crippen molar-refractivity contribution in [2.45, 2.75) is 18.9 Å². The predicted molar refractivity (Wildman–Crippen MR) is 79.1 cm³/mol. The fourth-order valence-electron chi connectivity index (χ4n) is 2.47. The molecule has 1 aliphatic heterocycles. The fraction of sp³-hybridized carbons (Fsp3) is 0.357. The molecule has 0 bridgehead atoms. The van der Waals surface area contributed by atoms with Gasteiger partial charge in [-0.25, -0.2) is 4.98 Å². The van der Waals surface area contributed by atoms with E-state index in [2.05, 4.69) is 20.2 Å². The lowest BCUT2D eigenvalue weighted by Gasteiger charge is -2.24. The first-order valence-electron chi connectivity index (χ1n) is 6.69. The largest absolute Gasteiger partial charge is 0.350 e. The molecule has 0 spiro atoms. The molecular weight excluding hydrogens is 272 g/mol. The van der Waals surface area contributed by atoms with Gasteiger partial charge in [0.2, 0.25) is 0 Å². The molecular formula is C14H16N4OS. The second kappa shape index (κ2) is 6.00. The van der Waals surface area contributed by atoms with E-state index in [1.54, 1.807) is 35.9 Å². The number of nitrogens with zero attached hydrogens (tertiary/aromatic N) is 3. The Labute approximate surface area is 121 Å². The highest BCUT2D eigenvalue weighted by molar-refractivity contribution is 7.13. The number of carbonyl (C=O) groups is 1. The molecule has 1 fully saturated rings. The SMILES string of the molecule is O=C(NCC1CCCN1c1nccs1)c1cccnc1. The molecule has 0 aromatic carbocycles. The molecule has 0 aliphatic carbocycles. The Morgan fingerprint density at radius 2 is 2.45 bits per heavy atom. The van der Waals surface area contributed by atoms with Crippen LogP contribution in [0.4, 0.5) is 5.13 Å². The van der Waals surface area contributed by atoms with E-state index in [9.17, 15) is 4.79 Å². The summed E-state index contributed by atoms with van der Waals surface area (Å²) in [4.78, 5) is 22.6. The average Bonchev–Trinajstić information content (AvgIpc) is 3.16. The number of carbonyl (C=O) groups excluding carboxylic acids is 1. The van der Waals surface area contributed by atoms with E-state index in [-0.39, 0.29) is 5.91 Å². The summed E-state index contributed by atoms with van der Waals surface area (Å²) < 4.78 is 0. The van der Waals surface area contributed by atoms with Gasteiger partial charge in [0.25, 0.3) is 5.91 Å². The maximum absolute atomic E-state index is 12.0. The molecule has 3 heterocycles. The topological polar surface area (TPSA) is 58.1 Å². The van der Waals surface area contributed by atoms with E-state index in [1.165, 1.54) is 0 Å². The molecule has 5 nitrogen and oxygen atoms in total. The summed E-state index contributed by atoms with van der Waals surface area (Å²) in [6, 6.07) is 3.88. The van der Waals surface area contributed by atoms with E-state index < -0.39 is 0 Å². The minimum atomic E-state index is -0.0657. The first-order valence-corrected chi connectivity index (χ1v) is 7.57. The zero-order chi connectivity index (χ0) is 13.8. The molecule has 1 saturated heterocycles. The van der Waals surface area contributed by atoms with Gasteiger partial charge in [-0.3, -0.25) is 9.78 Å². The normalized spacial score (nSPS) is 18.2. The Morgan fingerprint density at radius 3 is 3.20 bits per heavy atom. The van der Waals surface area contributed by atoms with Crippen LogP contribution in [-0.2, 0) is 0 Å². The van der Waals surface area contributed by atoms with Crippen LogP contribution in [0.5, 0.6) is 0 Å². The molecule has 3 rings (SSSR count). The zero-order valence-corrected chi connectivity index (χ0v) is 11.8. The molecule has 1 unspecified atom stereocenters. The molecule has 1 atom stereocenters. The molecule has 2 aromatic heterocycles. The molecule has 0 radical (unpaired) electrons. The first-order chi connectivity index (χ1) is 9.84. The third kappa shape index (κ3) is 2.80. The molecule has 104 valence electrons. The number of hydrogen-bond acceptors (Lipinski definition) is 5. The molecule has 1 aliphatic rings. The lowest BCUT2D eigenvalue weighted by Crippen LogP contribution is -2.40. The maximum atomic E-state index is 12.0. The van der Waals surface area contributed by atoms with E-state index in [0.717, 1.165) is 24.5 Å². The van der Waals surface area contributed by atoms with E-state index in [0.29, 0.717) is 18.2 Å². The molecule has 1 amide bonds. The summed E-state index contributed by atoms with van der Waals surface area (Å²) in [5.74, 6) is -0.0657. The van der Waals surface area contributed by atoms with Gasteiger partial charge in [-0.15, -0.1) is 11.3 Å². The maximum Gasteiger partial charge on any atom is 0.252 e. The highest BCUT2D eigenvalue weighted by atomic mass is 32.1. The van der Waals surface area contributed by atoms with Gasteiger partial charge in [-0.1, -0.05) is 0 Å². The van der Waals surface area contributed by atoms with Crippen LogP contribution in [0.2, 0.25) is 0 Å².